The van der Waals surface area contributed by atoms with Crippen LogP contribution in [0.3, 0.4) is 0 Å². The van der Waals surface area contributed by atoms with Crippen LogP contribution in [0.4, 0.5) is 13.2 Å². The Hall–Kier alpha value is -1.89. The maximum Gasteiger partial charge on any atom is 0.416 e. The number of halogens is 3. The van der Waals surface area contributed by atoms with Gasteiger partial charge in [-0.25, -0.2) is 0 Å². The van der Waals surface area contributed by atoms with Gasteiger partial charge in [-0.3, -0.25) is 0 Å². The fraction of sp³-hybridized carbons (Fsp3) is 0.556. The molecule has 0 spiro atoms. The first kappa shape index (κ1) is 16.6. The third-order valence-electron chi connectivity index (χ3n) is 4.99. The average molecular weight is 351 g/mol. The Bertz CT molecular complexity index is 746. The van der Waals surface area contributed by atoms with Crippen LogP contribution >= 0.6 is 0 Å². The molecule has 2 aliphatic rings. The average Bonchev–Trinajstić information content (AvgIpc) is 3.05. The van der Waals surface area contributed by atoms with Crippen LogP contribution in [0.15, 0.2) is 22.7 Å². The maximum absolute atomic E-state index is 13.5. The minimum Gasteiger partial charge on any atom is -0.337 e. The molecule has 2 fully saturated rings. The molecule has 1 aliphatic carbocycles. The fourth-order valence-corrected chi connectivity index (χ4v) is 3.35. The van der Waals surface area contributed by atoms with Crippen molar-refractivity contribution in [3.8, 4) is 11.4 Å². The molecular weight excluding hydrogens is 331 g/mol. The molecule has 7 heteroatoms. The van der Waals surface area contributed by atoms with Crippen molar-refractivity contribution in [3.63, 3.8) is 0 Å². The zero-order valence-electron chi connectivity index (χ0n) is 13.8. The summed E-state index contributed by atoms with van der Waals surface area (Å²) in [7, 11) is 0. The van der Waals surface area contributed by atoms with Gasteiger partial charge in [0.1, 0.15) is 0 Å². The van der Waals surface area contributed by atoms with Crippen molar-refractivity contribution in [2.45, 2.75) is 50.7 Å². The highest BCUT2D eigenvalue weighted by Gasteiger charge is 2.34. The van der Waals surface area contributed by atoms with Gasteiger partial charge in [-0.15, -0.1) is 0 Å². The van der Waals surface area contributed by atoms with Gasteiger partial charge < -0.3 is 9.84 Å². The minimum absolute atomic E-state index is 0.00107. The lowest BCUT2D eigenvalue weighted by Crippen LogP contribution is -2.13. The van der Waals surface area contributed by atoms with Crippen LogP contribution in [-0.4, -0.2) is 16.7 Å². The molecule has 1 saturated carbocycles. The summed E-state index contributed by atoms with van der Waals surface area (Å²) in [6.45, 7) is 0.885. The molecule has 0 amide bonds. The molecule has 134 valence electrons. The normalized spacial score (nSPS) is 21.0. The van der Waals surface area contributed by atoms with Crippen molar-refractivity contribution >= 4 is 0 Å². The van der Waals surface area contributed by atoms with E-state index in [1.54, 1.807) is 12.1 Å². The van der Waals surface area contributed by atoms with Gasteiger partial charge in [0.15, 0.2) is 0 Å². The molecule has 0 bridgehead atoms. The van der Waals surface area contributed by atoms with E-state index < -0.39 is 11.7 Å². The zero-order valence-corrected chi connectivity index (χ0v) is 13.8. The van der Waals surface area contributed by atoms with E-state index in [-0.39, 0.29) is 11.9 Å². The van der Waals surface area contributed by atoms with E-state index in [0.717, 1.165) is 44.7 Å². The van der Waals surface area contributed by atoms with Crippen LogP contribution in [0, 0.1) is 5.92 Å². The van der Waals surface area contributed by atoms with Gasteiger partial charge in [-0.05, 0) is 49.8 Å². The molecule has 1 N–H and O–H groups in total. The van der Waals surface area contributed by atoms with Crippen molar-refractivity contribution in [1.82, 2.24) is 15.5 Å². The van der Waals surface area contributed by atoms with Gasteiger partial charge in [-0.1, -0.05) is 30.1 Å². The number of nitrogens with one attached hydrogen (secondary N) is 1. The Morgan fingerprint density at radius 3 is 2.72 bits per heavy atom. The summed E-state index contributed by atoms with van der Waals surface area (Å²) < 4.78 is 45.6. The molecule has 0 radical (unpaired) electrons. The Morgan fingerprint density at radius 2 is 2.04 bits per heavy atom. The fourth-order valence-electron chi connectivity index (χ4n) is 3.35. The van der Waals surface area contributed by atoms with Gasteiger partial charge in [0.25, 0.3) is 0 Å². The van der Waals surface area contributed by atoms with Gasteiger partial charge in [0.2, 0.25) is 11.7 Å². The Labute approximate surface area is 143 Å². The lowest BCUT2D eigenvalue weighted by Gasteiger charge is -2.13. The second kappa shape index (κ2) is 6.44. The molecule has 1 aliphatic heterocycles. The highest BCUT2D eigenvalue weighted by atomic mass is 19.4. The Kier molecular flexibility index (Phi) is 4.27. The van der Waals surface area contributed by atoms with E-state index in [9.17, 15) is 13.2 Å². The van der Waals surface area contributed by atoms with E-state index in [2.05, 4.69) is 15.5 Å². The molecule has 1 atom stereocenters. The largest absolute Gasteiger partial charge is 0.416 e. The number of hydrogen-bond donors (Lipinski definition) is 1. The summed E-state index contributed by atoms with van der Waals surface area (Å²) in [5.74, 6) is 1.25. The molecule has 25 heavy (non-hydrogen) atoms. The number of aryl methyl sites for hydroxylation is 1. The summed E-state index contributed by atoms with van der Waals surface area (Å²) in [6, 6.07) is 4.37. The van der Waals surface area contributed by atoms with E-state index in [4.69, 9.17) is 4.52 Å². The number of rotatable bonds is 5. The van der Waals surface area contributed by atoms with Crippen LogP contribution in [0.5, 0.6) is 0 Å². The first-order chi connectivity index (χ1) is 12.0. The molecular formula is C18H20F3N3O. The number of aromatic nitrogens is 2. The van der Waals surface area contributed by atoms with Crippen molar-refractivity contribution in [3.05, 3.63) is 35.2 Å². The van der Waals surface area contributed by atoms with Crippen LogP contribution in [0.2, 0.25) is 0 Å². The Balaban J connectivity index is 1.60. The van der Waals surface area contributed by atoms with E-state index >= 15 is 0 Å². The highest BCUT2D eigenvalue weighted by Crippen LogP contribution is 2.38. The molecule has 4 nitrogen and oxygen atoms in total. The lowest BCUT2D eigenvalue weighted by atomic mass is 9.98. The number of nitrogens with zero attached hydrogens (tertiary/aromatic N) is 2. The maximum atomic E-state index is 13.5. The van der Waals surface area contributed by atoms with Crippen molar-refractivity contribution in [2.24, 2.45) is 5.92 Å². The van der Waals surface area contributed by atoms with Crippen LogP contribution in [0.25, 0.3) is 11.4 Å². The van der Waals surface area contributed by atoms with Gasteiger partial charge in [0, 0.05) is 5.56 Å². The second-order valence-corrected chi connectivity index (χ2v) is 6.96. The highest BCUT2D eigenvalue weighted by molar-refractivity contribution is 5.57. The number of alkyl halides is 3. The zero-order chi connectivity index (χ0) is 17.4. The predicted molar refractivity (Wildman–Crippen MR) is 85.8 cm³/mol. The monoisotopic (exact) mass is 351 g/mol. The van der Waals surface area contributed by atoms with Gasteiger partial charge in [-0.2, -0.15) is 18.2 Å². The molecule has 1 saturated heterocycles. The molecule has 4 rings (SSSR count). The Morgan fingerprint density at radius 1 is 1.20 bits per heavy atom. The topological polar surface area (TPSA) is 51.0 Å². The first-order valence-corrected chi connectivity index (χ1v) is 8.78. The summed E-state index contributed by atoms with van der Waals surface area (Å²) in [4.78, 5) is 4.29. The van der Waals surface area contributed by atoms with Gasteiger partial charge in [0.05, 0.1) is 11.6 Å². The van der Waals surface area contributed by atoms with E-state index in [0.29, 0.717) is 29.4 Å². The SMILES string of the molecule is FC(F)(F)c1cc(-c2noc([C@@H]3CCCN3)n2)ccc1CCC1CC1. The molecule has 0 unspecified atom stereocenters. The van der Waals surface area contributed by atoms with Crippen LogP contribution < -0.4 is 5.32 Å². The number of hydrogen-bond acceptors (Lipinski definition) is 4. The molecule has 2 aromatic rings. The smallest absolute Gasteiger partial charge is 0.337 e. The molecule has 2 heterocycles. The third kappa shape index (κ3) is 3.71. The summed E-state index contributed by atoms with van der Waals surface area (Å²) in [5, 5.41) is 7.11. The van der Waals surface area contributed by atoms with Crippen molar-refractivity contribution in [2.75, 3.05) is 6.54 Å². The predicted octanol–water partition coefficient (Wildman–Crippen LogP) is 4.52. The molecule has 1 aromatic carbocycles. The van der Waals surface area contributed by atoms with Gasteiger partial charge >= 0.3 is 6.18 Å². The summed E-state index contributed by atoms with van der Waals surface area (Å²) >= 11 is 0. The van der Waals surface area contributed by atoms with Crippen molar-refractivity contribution < 1.29 is 17.7 Å². The van der Waals surface area contributed by atoms with E-state index in [1.807, 2.05) is 0 Å². The quantitative estimate of drug-likeness (QED) is 0.860. The van der Waals surface area contributed by atoms with Crippen LogP contribution in [-0.2, 0) is 12.6 Å². The first-order valence-electron chi connectivity index (χ1n) is 8.78. The second-order valence-electron chi connectivity index (χ2n) is 6.96. The third-order valence-corrected chi connectivity index (χ3v) is 4.99. The van der Waals surface area contributed by atoms with E-state index in [1.165, 1.54) is 0 Å². The lowest BCUT2D eigenvalue weighted by molar-refractivity contribution is -0.138. The van der Waals surface area contributed by atoms with Crippen molar-refractivity contribution in [1.29, 1.82) is 0 Å². The number of benzene rings is 1. The minimum atomic E-state index is -4.38. The summed E-state index contributed by atoms with van der Waals surface area (Å²) in [6.07, 6.45) is 1.10. The standard InChI is InChI=1S/C18H20F3N3O/c19-18(20,21)14-10-13(8-7-12(14)6-5-11-3-4-11)16-23-17(25-24-16)15-2-1-9-22-15/h7-8,10-11,15,22H,1-6,9H2/t15-/m0/s1. The summed E-state index contributed by atoms with van der Waals surface area (Å²) in [5.41, 5.74) is 0.107. The molecule has 1 aromatic heterocycles. The van der Waals surface area contributed by atoms with Crippen LogP contribution in [0.1, 0.15) is 55.2 Å².